The molecule has 0 aliphatic carbocycles. The van der Waals surface area contributed by atoms with Gasteiger partial charge in [0.2, 0.25) is 5.88 Å². The number of halogens is 2. The average Bonchev–Trinajstić information content (AvgIpc) is 2.78. The number of nitrogens with one attached hydrogen (secondary N) is 2. The Kier molecular flexibility index (Phi) is 10.0. The summed E-state index contributed by atoms with van der Waals surface area (Å²) < 4.78 is 24.6. The summed E-state index contributed by atoms with van der Waals surface area (Å²) in [5, 5.41) is 6.40. The van der Waals surface area contributed by atoms with Crippen LogP contribution in [0.4, 0.5) is 4.39 Å². The molecular weight excluding hydrogens is 510 g/mol. The monoisotopic (exact) mass is 536 g/mol. The van der Waals surface area contributed by atoms with E-state index in [1.165, 1.54) is 6.07 Å². The van der Waals surface area contributed by atoms with Crippen LogP contribution in [0.15, 0.2) is 71.9 Å². The molecule has 164 valence electrons. The van der Waals surface area contributed by atoms with Gasteiger partial charge >= 0.3 is 0 Å². The van der Waals surface area contributed by atoms with E-state index in [9.17, 15) is 4.39 Å². The van der Waals surface area contributed by atoms with E-state index in [4.69, 9.17) is 9.47 Å². The third-order valence-corrected chi connectivity index (χ3v) is 4.39. The molecule has 8 heteroatoms. The number of benzene rings is 2. The Labute approximate surface area is 198 Å². The number of aliphatic imine (C=N–C) groups is 1. The van der Waals surface area contributed by atoms with Gasteiger partial charge in [-0.3, -0.25) is 4.99 Å². The first kappa shape index (κ1) is 24.4. The summed E-state index contributed by atoms with van der Waals surface area (Å²) in [6.07, 6.45) is 2.32. The minimum absolute atomic E-state index is 0. The minimum Gasteiger partial charge on any atom is -0.497 e. The molecule has 0 aliphatic heterocycles. The lowest BCUT2D eigenvalue weighted by Crippen LogP contribution is -2.37. The van der Waals surface area contributed by atoms with Crippen LogP contribution < -0.4 is 20.1 Å². The maximum absolute atomic E-state index is 13.7. The first-order chi connectivity index (χ1) is 14.7. The molecule has 2 N–H and O–H groups in total. The zero-order valence-corrected chi connectivity index (χ0v) is 19.8. The normalized spacial score (nSPS) is 10.7. The fourth-order valence-corrected chi connectivity index (χ4v) is 2.78. The van der Waals surface area contributed by atoms with E-state index < -0.39 is 0 Å². The molecule has 0 unspecified atom stereocenters. The van der Waals surface area contributed by atoms with Crippen molar-refractivity contribution in [2.45, 2.75) is 13.0 Å². The molecule has 0 bridgehead atoms. The predicted octanol–water partition coefficient (Wildman–Crippen LogP) is 4.55. The summed E-state index contributed by atoms with van der Waals surface area (Å²) >= 11 is 0. The number of methoxy groups -OCH3 is 1. The molecule has 1 aromatic heterocycles. The molecular formula is C23H26FIN4O2. The van der Waals surface area contributed by atoms with Crippen molar-refractivity contribution in [3.63, 3.8) is 0 Å². The quantitative estimate of drug-likeness (QED) is 0.251. The molecule has 3 aromatic rings. The van der Waals surface area contributed by atoms with Gasteiger partial charge in [0.1, 0.15) is 17.3 Å². The molecule has 1 heterocycles. The van der Waals surface area contributed by atoms with Crippen molar-refractivity contribution in [3.05, 3.63) is 83.8 Å². The van der Waals surface area contributed by atoms with Crippen LogP contribution in [-0.2, 0) is 13.0 Å². The number of guanidine groups is 1. The Bertz CT molecular complexity index is 983. The van der Waals surface area contributed by atoms with Crippen LogP contribution in [-0.4, -0.2) is 31.6 Å². The Hall–Kier alpha value is -2.88. The van der Waals surface area contributed by atoms with Gasteiger partial charge in [0.05, 0.1) is 7.11 Å². The molecule has 0 saturated carbocycles. The van der Waals surface area contributed by atoms with Gasteiger partial charge in [-0.25, -0.2) is 9.37 Å². The summed E-state index contributed by atoms with van der Waals surface area (Å²) in [5.41, 5.74) is 1.65. The summed E-state index contributed by atoms with van der Waals surface area (Å²) in [6.45, 7) is 1.12. The number of pyridine rings is 1. The van der Waals surface area contributed by atoms with Crippen molar-refractivity contribution in [3.8, 4) is 17.4 Å². The van der Waals surface area contributed by atoms with Gasteiger partial charge in [0.25, 0.3) is 0 Å². The fraction of sp³-hybridized carbons (Fsp3) is 0.217. The maximum atomic E-state index is 13.7. The lowest BCUT2D eigenvalue weighted by Gasteiger charge is -2.12. The second-order valence-corrected chi connectivity index (χ2v) is 6.48. The molecule has 0 radical (unpaired) electrons. The van der Waals surface area contributed by atoms with E-state index in [1.807, 2.05) is 36.4 Å². The lowest BCUT2D eigenvalue weighted by atomic mass is 10.1. The molecule has 2 aromatic carbocycles. The van der Waals surface area contributed by atoms with E-state index in [1.54, 1.807) is 38.6 Å². The van der Waals surface area contributed by atoms with Crippen molar-refractivity contribution in [2.75, 3.05) is 20.7 Å². The van der Waals surface area contributed by atoms with Crippen LogP contribution in [0, 0.1) is 5.82 Å². The highest BCUT2D eigenvalue weighted by atomic mass is 127. The largest absolute Gasteiger partial charge is 0.497 e. The van der Waals surface area contributed by atoms with E-state index >= 15 is 0 Å². The second-order valence-electron chi connectivity index (χ2n) is 6.48. The van der Waals surface area contributed by atoms with Crippen molar-refractivity contribution in [1.29, 1.82) is 0 Å². The van der Waals surface area contributed by atoms with Crippen LogP contribution in [0.25, 0.3) is 0 Å². The first-order valence-corrected chi connectivity index (χ1v) is 9.62. The fourth-order valence-electron chi connectivity index (χ4n) is 2.78. The van der Waals surface area contributed by atoms with Gasteiger partial charge < -0.3 is 20.1 Å². The number of nitrogens with zero attached hydrogens (tertiary/aromatic N) is 2. The van der Waals surface area contributed by atoms with Gasteiger partial charge in [0.15, 0.2) is 5.96 Å². The van der Waals surface area contributed by atoms with Gasteiger partial charge in [-0.1, -0.05) is 30.3 Å². The number of hydrogen-bond donors (Lipinski definition) is 2. The molecule has 0 amide bonds. The van der Waals surface area contributed by atoms with Crippen molar-refractivity contribution >= 4 is 29.9 Å². The van der Waals surface area contributed by atoms with Gasteiger partial charge in [0, 0.05) is 38.5 Å². The second kappa shape index (κ2) is 12.7. The zero-order chi connectivity index (χ0) is 21.2. The topological polar surface area (TPSA) is 67.8 Å². The molecule has 0 saturated heterocycles. The molecule has 3 rings (SSSR count). The molecule has 0 fully saturated rings. The summed E-state index contributed by atoms with van der Waals surface area (Å²) in [4.78, 5) is 8.53. The highest BCUT2D eigenvalue weighted by Gasteiger charge is 2.04. The molecule has 6 nitrogen and oxygen atoms in total. The van der Waals surface area contributed by atoms with Crippen molar-refractivity contribution < 1.29 is 13.9 Å². The van der Waals surface area contributed by atoms with Crippen molar-refractivity contribution in [1.82, 2.24) is 15.6 Å². The highest BCUT2D eigenvalue weighted by molar-refractivity contribution is 14.0. The van der Waals surface area contributed by atoms with E-state index in [0.29, 0.717) is 42.7 Å². The van der Waals surface area contributed by atoms with Crippen molar-refractivity contribution in [2.24, 2.45) is 4.99 Å². The van der Waals surface area contributed by atoms with Gasteiger partial charge in [-0.05, 0) is 35.7 Å². The third kappa shape index (κ3) is 7.71. The molecule has 31 heavy (non-hydrogen) atoms. The average molecular weight is 536 g/mol. The summed E-state index contributed by atoms with van der Waals surface area (Å²) in [6, 6.07) is 17.9. The van der Waals surface area contributed by atoms with E-state index in [-0.39, 0.29) is 29.8 Å². The maximum Gasteiger partial charge on any atom is 0.219 e. The Morgan fingerprint density at radius 2 is 1.84 bits per heavy atom. The first-order valence-electron chi connectivity index (χ1n) is 9.62. The van der Waals surface area contributed by atoms with Crippen LogP contribution >= 0.6 is 24.0 Å². The zero-order valence-electron chi connectivity index (χ0n) is 17.5. The Morgan fingerprint density at radius 3 is 2.55 bits per heavy atom. The standard InChI is InChI=1S/C23H25FN4O2.HI/c1-25-23(26-13-12-18-6-3-4-9-21(18)24)28-16-17-10-11-22(27-15-17)30-20-8-5-7-19(14-20)29-2;/h3-11,14-15H,12-13,16H2,1-2H3,(H2,25,26,28);1H. The Balaban J connectivity index is 0.00000341. The number of rotatable bonds is 8. The minimum atomic E-state index is -0.190. The number of hydrogen-bond acceptors (Lipinski definition) is 4. The summed E-state index contributed by atoms with van der Waals surface area (Å²) in [7, 11) is 3.31. The predicted molar refractivity (Wildman–Crippen MR) is 131 cm³/mol. The SMILES string of the molecule is CN=C(NCCc1ccccc1F)NCc1ccc(Oc2cccc(OC)c2)nc1.I. The van der Waals surface area contributed by atoms with E-state index in [2.05, 4.69) is 20.6 Å². The van der Waals surface area contributed by atoms with Crippen LogP contribution in [0.3, 0.4) is 0 Å². The van der Waals surface area contributed by atoms with Crippen LogP contribution in [0.1, 0.15) is 11.1 Å². The van der Waals surface area contributed by atoms with Gasteiger partial charge in [-0.2, -0.15) is 0 Å². The van der Waals surface area contributed by atoms with Crippen LogP contribution in [0.2, 0.25) is 0 Å². The smallest absolute Gasteiger partial charge is 0.219 e. The summed E-state index contributed by atoms with van der Waals surface area (Å²) in [5.74, 6) is 2.33. The number of aromatic nitrogens is 1. The van der Waals surface area contributed by atoms with Gasteiger partial charge in [-0.15, -0.1) is 24.0 Å². The molecule has 0 aliphatic rings. The molecule has 0 spiro atoms. The highest BCUT2D eigenvalue weighted by Crippen LogP contribution is 2.23. The Morgan fingerprint density at radius 1 is 1.03 bits per heavy atom. The third-order valence-electron chi connectivity index (χ3n) is 4.39. The molecule has 0 atom stereocenters. The lowest BCUT2D eigenvalue weighted by molar-refractivity contribution is 0.407. The van der Waals surface area contributed by atoms with Crippen LogP contribution in [0.5, 0.6) is 17.4 Å². The number of ether oxygens (including phenoxy) is 2. The van der Waals surface area contributed by atoms with E-state index in [0.717, 1.165) is 11.3 Å².